The number of ketones is 1. The Morgan fingerprint density at radius 1 is 0.647 bits per heavy atom. The maximum absolute atomic E-state index is 12.1. The third-order valence-corrected chi connectivity index (χ3v) is 11.8. The van der Waals surface area contributed by atoms with Crippen molar-refractivity contribution in [2.45, 2.75) is 26.7 Å². The molecular weight excluding hydrogens is 904 g/mol. The van der Waals surface area contributed by atoms with Crippen molar-refractivity contribution >= 4 is 68.3 Å². The highest BCUT2D eigenvalue weighted by Crippen LogP contribution is 2.46. The molecule has 0 aliphatic heterocycles. The van der Waals surface area contributed by atoms with Crippen molar-refractivity contribution in [3.63, 3.8) is 0 Å². The van der Waals surface area contributed by atoms with Crippen LogP contribution < -0.4 is 30.0 Å². The van der Waals surface area contributed by atoms with Gasteiger partial charge in [0.15, 0.2) is 17.1 Å². The molecule has 344 valence electrons. The zero-order chi connectivity index (χ0) is 48.6. The summed E-state index contributed by atoms with van der Waals surface area (Å²) < 4.78 is 21.5. The van der Waals surface area contributed by atoms with E-state index in [2.05, 4.69) is 48.4 Å². The maximum atomic E-state index is 12.1. The highest BCUT2D eigenvalue weighted by atomic mass is 35.5. The molecule has 1 amide bonds. The molecular formula is C52H46Cl2N8O6. The Hall–Kier alpha value is -7.94. The number of hydrogen-bond acceptors (Lipinski definition) is 13. The molecule has 68 heavy (non-hydrogen) atoms. The number of halogens is 2. The predicted molar refractivity (Wildman–Crippen MR) is 268 cm³/mol. The van der Waals surface area contributed by atoms with Gasteiger partial charge in [0.25, 0.3) is 0 Å². The predicted octanol–water partition coefficient (Wildman–Crippen LogP) is 10.6. The normalized spacial score (nSPS) is 10.8. The number of amides is 1. The van der Waals surface area contributed by atoms with Crippen LogP contribution in [-0.4, -0.2) is 70.0 Å². The van der Waals surface area contributed by atoms with Crippen molar-refractivity contribution in [1.29, 1.82) is 0 Å². The smallest absolute Gasteiger partial charge is 0.247 e. The second kappa shape index (κ2) is 21.1. The van der Waals surface area contributed by atoms with E-state index in [0.717, 1.165) is 38.8 Å². The van der Waals surface area contributed by atoms with Crippen LogP contribution in [0.25, 0.3) is 44.3 Å². The van der Waals surface area contributed by atoms with Gasteiger partial charge in [0.05, 0.1) is 38.5 Å². The molecule has 0 fully saturated rings. The Labute approximate surface area is 402 Å². The molecule has 4 aromatic carbocycles. The largest absolute Gasteiger partial charge is 0.497 e. The molecule has 0 aliphatic rings. The van der Waals surface area contributed by atoms with Crippen LogP contribution in [-0.2, 0) is 17.6 Å². The van der Waals surface area contributed by atoms with Gasteiger partial charge in [0.1, 0.15) is 34.6 Å². The molecule has 8 rings (SSSR count). The van der Waals surface area contributed by atoms with Crippen molar-refractivity contribution in [3.8, 4) is 45.3 Å². The van der Waals surface area contributed by atoms with Crippen LogP contribution in [0.1, 0.15) is 44.3 Å². The Morgan fingerprint density at radius 2 is 1.21 bits per heavy atom. The number of nitrogen functional groups attached to an aromatic ring is 1. The first-order valence-corrected chi connectivity index (χ1v) is 21.7. The van der Waals surface area contributed by atoms with Crippen LogP contribution in [0.4, 0.5) is 11.4 Å². The zero-order valence-corrected chi connectivity index (χ0v) is 39.6. The highest BCUT2D eigenvalue weighted by molar-refractivity contribution is 6.41. The lowest BCUT2D eigenvalue weighted by Crippen LogP contribution is -2.11. The molecule has 4 heterocycles. The molecule has 14 nitrogen and oxygen atoms in total. The third-order valence-electron chi connectivity index (χ3n) is 11.1. The monoisotopic (exact) mass is 948 g/mol. The lowest BCUT2D eigenvalue weighted by atomic mass is 9.97. The van der Waals surface area contributed by atoms with Gasteiger partial charge in [-0.2, -0.15) is 0 Å². The van der Waals surface area contributed by atoms with Gasteiger partial charge < -0.3 is 30.0 Å². The van der Waals surface area contributed by atoms with Gasteiger partial charge in [-0.3, -0.25) is 9.59 Å². The lowest BCUT2D eigenvalue weighted by Gasteiger charge is -2.15. The van der Waals surface area contributed by atoms with Gasteiger partial charge >= 0.3 is 0 Å². The molecule has 0 aliphatic carbocycles. The van der Waals surface area contributed by atoms with Gasteiger partial charge in [-0.15, -0.1) is 0 Å². The Morgan fingerprint density at radius 3 is 1.76 bits per heavy atom. The highest BCUT2D eigenvalue weighted by Gasteiger charge is 2.20. The minimum absolute atomic E-state index is 0.212. The van der Waals surface area contributed by atoms with Gasteiger partial charge in [0, 0.05) is 94.2 Å². The molecule has 8 aromatic rings. The second-order valence-electron chi connectivity index (χ2n) is 15.3. The topological polar surface area (TPSA) is 186 Å². The van der Waals surface area contributed by atoms with Gasteiger partial charge in [-0.25, -0.2) is 29.9 Å². The summed E-state index contributed by atoms with van der Waals surface area (Å²) in [7, 11) is 6.28. The van der Waals surface area contributed by atoms with E-state index in [1.54, 1.807) is 51.1 Å². The number of fused-ring (bicyclic) bond motifs is 2. The second-order valence-corrected chi connectivity index (χ2v) is 16.0. The van der Waals surface area contributed by atoms with Crippen LogP contribution in [0.2, 0.25) is 10.0 Å². The first-order chi connectivity index (χ1) is 32.8. The van der Waals surface area contributed by atoms with Crippen molar-refractivity contribution < 1.29 is 28.5 Å². The van der Waals surface area contributed by atoms with Crippen molar-refractivity contribution in [3.05, 3.63) is 166 Å². The molecule has 0 saturated carbocycles. The average Bonchev–Trinajstić information content (AvgIpc) is 3.35. The Balaban J connectivity index is 0.000000202. The molecule has 4 aromatic heterocycles. The summed E-state index contributed by atoms with van der Waals surface area (Å²) in [4.78, 5) is 51.3. The van der Waals surface area contributed by atoms with E-state index >= 15 is 0 Å². The number of methoxy groups -OCH3 is 4. The van der Waals surface area contributed by atoms with E-state index in [-0.39, 0.29) is 11.7 Å². The fourth-order valence-electron chi connectivity index (χ4n) is 7.38. The zero-order valence-electron chi connectivity index (χ0n) is 38.1. The first-order valence-electron chi connectivity index (χ1n) is 20.9. The Kier molecular flexibility index (Phi) is 14.9. The molecule has 0 unspecified atom stereocenters. The summed E-state index contributed by atoms with van der Waals surface area (Å²) in [6, 6.07) is 20.4. The summed E-state index contributed by atoms with van der Waals surface area (Å²) in [5, 5.41) is 5.06. The summed E-state index contributed by atoms with van der Waals surface area (Å²) in [5.41, 5.74) is 15.7. The molecule has 16 heteroatoms. The van der Waals surface area contributed by atoms with Crippen molar-refractivity contribution in [2.75, 3.05) is 39.5 Å². The molecule has 0 saturated heterocycles. The van der Waals surface area contributed by atoms with E-state index in [1.165, 1.54) is 26.4 Å². The lowest BCUT2D eigenvalue weighted by molar-refractivity contribution is -0.111. The number of aryl methyl sites for hydroxylation is 2. The number of rotatable bonds is 14. The number of carbonyl (C=O) groups is 2. The number of hydrogen-bond donors (Lipinski definition) is 2. The van der Waals surface area contributed by atoms with Crippen LogP contribution in [0.3, 0.4) is 0 Å². The van der Waals surface area contributed by atoms with E-state index < -0.39 is 0 Å². The molecule has 0 atom stereocenters. The number of pyridine rings is 2. The van der Waals surface area contributed by atoms with Gasteiger partial charge in [-0.1, -0.05) is 54.6 Å². The van der Waals surface area contributed by atoms with Crippen molar-refractivity contribution in [1.82, 2.24) is 29.9 Å². The van der Waals surface area contributed by atoms with E-state index in [4.69, 9.17) is 47.9 Å². The summed E-state index contributed by atoms with van der Waals surface area (Å²) >= 11 is 13.1. The number of allylic oxidation sites excluding steroid dienone is 1. The van der Waals surface area contributed by atoms with Crippen molar-refractivity contribution in [2.24, 2.45) is 0 Å². The molecule has 0 spiro atoms. The van der Waals surface area contributed by atoms with Crippen LogP contribution in [0, 0.1) is 13.8 Å². The molecule has 3 N–H and O–H groups in total. The van der Waals surface area contributed by atoms with Crippen LogP contribution in [0.15, 0.2) is 117 Å². The Bertz CT molecular complexity index is 3220. The number of ether oxygens (including phenoxy) is 4. The number of nitrogens with zero attached hydrogens (tertiary/aromatic N) is 6. The quantitative estimate of drug-likeness (QED) is 0.0596. The number of nitrogens with two attached hydrogens (primary N) is 1. The average molecular weight is 950 g/mol. The fraction of sp³-hybridized carbons (Fsp3) is 0.154. The molecule has 0 radical (unpaired) electrons. The summed E-state index contributed by atoms with van der Waals surface area (Å²) in [6.45, 7) is 11.0. The minimum atomic E-state index is -0.281. The standard InChI is InChI=1S/C26H22Cl2N4O3.C26H24N4O3/c1-5-22(33)31-18-8-6-7-14(2)17(18)10-21-29-13-16-9-15(12-30-26(16)32-21)23-24(27)19(34-3)11-20(35-4)25(23)28;1-5-23(31)21-7-6-15(2)22(25(21)27)12-24-28-14-18-8-17(13-29-26(18)30-24)16-9-19(32-3)11-20(10-16)33-4/h5-9,11-13H,1,10H2,2-4H3,(H,31,33);5-11,13-14H,1,12,27H2,2-4H3. The van der Waals surface area contributed by atoms with Crippen LogP contribution >= 0.6 is 23.2 Å². The fourth-order valence-corrected chi connectivity index (χ4v) is 8.10. The molecule has 0 bridgehead atoms. The first kappa shape index (κ1) is 48.0. The summed E-state index contributed by atoms with van der Waals surface area (Å²) in [5.74, 6) is 2.92. The minimum Gasteiger partial charge on any atom is -0.497 e. The van der Waals surface area contributed by atoms with Crippen LogP contribution in [0.5, 0.6) is 23.0 Å². The van der Waals surface area contributed by atoms with E-state index in [0.29, 0.717) is 102 Å². The van der Waals surface area contributed by atoms with Gasteiger partial charge in [-0.05, 0) is 90.2 Å². The SMILES string of the molecule is C=CC(=O)Nc1cccc(C)c1Cc1ncc2cc(-c3c(Cl)c(OC)cc(OC)c3Cl)cnc2n1.C=CC(=O)c1ccc(C)c(Cc2ncc3cc(-c4cc(OC)cc(OC)c4)cnc3n2)c1N. The van der Waals surface area contributed by atoms with E-state index in [9.17, 15) is 9.59 Å². The number of benzene rings is 4. The van der Waals surface area contributed by atoms with Gasteiger partial charge in [0.2, 0.25) is 5.91 Å². The maximum Gasteiger partial charge on any atom is 0.247 e. The van der Waals surface area contributed by atoms with E-state index in [1.807, 2.05) is 68.4 Å². The number of anilines is 2. The summed E-state index contributed by atoms with van der Waals surface area (Å²) in [6.07, 6.45) is 10.2. The number of carbonyl (C=O) groups excluding carboxylic acids is 2. The number of aromatic nitrogens is 6. The number of nitrogens with one attached hydrogen (secondary N) is 1. The third kappa shape index (κ3) is 10.4.